The van der Waals surface area contributed by atoms with Gasteiger partial charge in [-0.25, -0.2) is 4.79 Å². The highest BCUT2D eigenvalue weighted by atomic mass is 16.2. The van der Waals surface area contributed by atoms with Gasteiger partial charge in [-0.05, 0) is 24.0 Å². The van der Waals surface area contributed by atoms with Crippen LogP contribution in [-0.2, 0) is 12.8 Å². The molecule has 0 saturated carbocycles. The molecule has 0 saturated heterocycles. The largest absolute Gasteiger partial charge is 0.370 e. The van der Waals surface area contributed by atoms with Gasteiger partial charge in [0, 0.05) is 7.05 Å². The molecule has 0 heterocycles. The molecular weight excluding hydrogens is 264 g/mol. The molecule has 5 nitrogen and oxygen atoms in total. The van der Waals surface area contributed by atoms with Gasteiger partial charge in [-0.2, -0.15) is 0 Å². The summed E-state index contributed by atoms with van der Waals surface area (Å²) in [6.45, 7) is 4.07. The summed E-state index contributed by atoms with van der Waals surface area (Å²) in [6.07, 6.45) is 6.87. The Morgan fingerprint density at radius 3 is 2.24 bits per heavy atom. The summed E-state index contributed by atoms with van der Waals surface area (Å²) >= 11 is 0. The standard InChI is InChI=1S/C16H22N4O/c1-5-11-20(15(17)18)16(21)19(4)14-12(6-2)9-8-10-13(14)7-3/h1,8-10H,6-7,11H2,2-4H3,(H3,17,18). The van der Waals surface area contributed by atoms with Crippen molar-refractivity contribution in [3.8, 4) is 12.3 Å². The van der Waals surface area contributed by atoms with Crippen LogP contribution in [0.25, 0.3) is 0 Å². The highest BCUT2D eigenvalue weighted by molar-refractivity contribution is 6.03. The van der Waals surface area contributed by atoms with Crippen LogP contribution in [0, 0.1) is 17.8 Å². The third kappa shape index (κ3) is 3.54. The van der Waals surface area contributed by atoms with E-state index in [9.17, 15) is 4.79 Å². The molecular formula is C16H22N4O. The van der Waals surface area contributed by atoms with E-state index in [1.165, 1.54) is 4.90 Å². The van der Waals surface area contributed by atoms with E-state index >= 15 is 0 Å². The number of urea groups is 1. The van der Waals surface area contributed by atoms with Gasteiger partial charge in [0.15, 0.2) is 5.96 Å². The first-order valence-electron chi connectivity index (χ1n) is 6.91. The predicted octanol–water partition coefficient (Wildman–Crippen LogP) is 2.20. The number of rotatable bonds is 4. The molecule has 0 aliphatic rings. The lowest BCUT2D eigenvalue weighted by molar-refractivity contribution is 0.231. The van der Waals surface area contributed by atoms with Crippen LogP contribution >= 0.6 is 0 Å². The van der Waals surface area contributed by atoms with Crippen LogP contribution < -0.4 is 10.6 Å². The van der Waals surface area contributed by atoms with Crippen LogP contribution in [0.5, 0.6) is 0 Å². The molecule has 0 aliphatic carbocycles. The molecule has 21 heavy (non-hydrogen) atoms. The van der Waals surface area contributed by atoms with Crippen LogP contribution in [0.3, 0.4) is 0 Å². The molecule has 0 spiro atoms. The van der Waals surface area contributed by atoms with Gasteiger partial charge in [0.05, 0.1) is 12.2 Å². The summed E-state index contributed by atoms with van der Waals surface area (Å²) in [7, 11) is 1.68. The summed E-state index contributed by atoms with van der Waals surface area (Å²) < 4.78 is 0. The first-order valence-corrected chi connectivity index (χ1v) is 6.91. The number of hydrogen-bond donors (Lipinski definition) is 2. The number of nitrogens with zero attached hydrogens (tertiary/aromatic N) is 2. The van der Waals surface area contributed by atoms with Gasteiger partial charge in [0.25, 0.3) is 0 Å². The monoisotopic (exact) mass is 286 g/mol. The Hall–Kier alpha value is -2.48. The van der Waals surface area contributed by atoms with Gasteiger partial charge < -0.3 is 5.73 Å². The fraction of sp³-hybridized carbons (Fsp3) is 0.375. The normalized spacial score (nSPS) is 9.81. The zero-order chi connectivity index (χ0) is 16.0. The summed E-state index contributed by atoms with van der Waals surface area (Å²) in [4.78, 5) is 15.1. The third-order valence-electron chi connectivity index (χ3n) is 3.36. The third-order valence-corrected chi connectivity index (χ3v) is 3.36. The van der Waals surface area contributed by atoms with E-state index in [2.05, 4.69) is 5.92 Å². The average molecular weight is 286 g/mol. The Balaban J connectivity index is 3.24. The average Bonchev–Trinajstić information content (AvgIpc) is 2.49. The predicted molar refractivity (Wildman–Crippen MR) is 86.5 cm³/mol. The highest BCUT2D eigenvalue weighted by Crippen LogP contribution is 2.26. The van der Waals surface area contributed by atoms with Crippen molar-refractivity contribution in [2.45, 2.75) is 26.7 Å². The van der Waals surface area contributed by atoms with Crippen molar-refractivity contribution < 1.29 is 4.79 Å². The van der Waals surface area contributed by atoms with Crippen LogP contribution in [-0.4, -0.2) is 30.5 Å². The number of guanidine groups is 1. The van der Waals surface area contributed by atoms with E-state index in [1.807, 2.05) is 32.0 Å². The Labute approximate surface area is 126 Å². The number of hydrogen-bond acceptors (Lipinski definition) is 2. The number of nitrogens with one attached hydrogen (secondary N) is 1. The van der Waals surface area contributed by atoms with Crippen LogP contribution in [0.4, 0.5) is 10.5 Å². The number of aryl methyl sites for hydroxylation is 2. The van der Waals surface area contributed by atoms with E-state index in [-0.39, 0.29) is 12.5 Å². The second-order valence-corrected chi connectivity index (χ2v) is 4.65. The van der Waals surface area contributed by atoms with E-state index in [4.69, 9.17) is 17.6 Å². The lowest BCUT2D eigenvalue weighted by Gasteiger charge is -2.28. The molecule has 0 aromatic heterocycles. The SMILES string of the molecule is C#CCN(C(=N)N)C(=O)N(C)c1c(CC)cccc1CC. The maximum absolute atomic E-state index is 12.5. The zero-order valence-corrected chi connectivity index (χ0v) is 12.8. The molecule has 0 fully saturated rings. The maximum atomic E-state index is 12.5. The molecule has 0 atom stereocenters. The molecule has 1 aromatic rings. The van der Waals surface area contributed by atoms with Crippen molar-refractivity contribution in [3.63, 3.8) is 0 Å². The summed E-state index contributed by atoms with van der Waals surface area (Å²) in [6, 6.07) is 5.59. The minimum absolute atomic E-state index is 0.0196. The first kappa shape index (κ1) is 16.6. The summed E-state index contributed by atoms with van der Waals surface area (Å²) in [5.74, 6) is 2.00. The minimum Gasteiger partial charge on any atom is -0.370 e. The van der Waals surface area contributed by atoms with Crippen molar-refractivity contribution in [3.05, 3.63) is 29.3 Å². The van der Waals surface area contributed by atoms with Crippen LogP contribution in [0.1, 0.15) is 25.0 Å². The molecule has 0 aliphatic heterocycles. The minimum atomic E-state index is -0.393. The number of anilines is 1. The topological polar surface area (TPSA) is 73.4 Å². The quantitative estimate of drug-likeness (QED) is 0.506. The molecule has 1 aromatic carbocycles. The summed E-state index contributed by atoms with van der Waals surface area (Å²) in [5.41, 5.74) is 8.47. The highest BCUT2D eigenvalue weighted by Gasteiger charge is 2.23. The Morgan fingerprint density at radius 2 is 1.86 bits per heavy atom. The lowest BCUT2D eigenvalue weighted by Crippen LogP contribution is -2.48. The number of terminal acetylenes is 1. The first-order chi connectivity index (χ1) is 9.97. The van der Waals surface area contributed by atoms with Crippen molar-refractivity contribution in [1.82, 2.24) is 4.90 Å². The lowest BCUT2D eigenvalue weighted by atomic mass is 10.0. The van der Waals surface area contributed by atoms with Crippen LogP contribution in [0.2, 0.25) is 0 Å². The second kappa shape index (κ2) is 7.34. The number of carbonyl (C=O) groups excluding carboxylic acids is 1. The molecule has 0 radical (unpaired) electrons. The Morgan fingerprint density at radius 1 is 1.33 bits per heavy atom. The molecule has 5 heteroatoms. The zero-order valence-electron chi connectivity index (χ0n) is 12.8. The smallest absolute Gasteiger partial charge is 0.331 e. The fourth-order valence-corrected chi connectivity index (χ4v) is 2.27. The molecule has 0 unspecified atom stereocenters. The van der Waals surface area contributed by atoms with Gasteiger partial charge >= 0.3 is 6.03 Å². The molecule has 112 valence electrons. The number of amides is 2. The van der Waals surface area contributed by atoms with Gasteiger partial charge in [-0.3, -0.25) is 15.2 Å². The Kier molecular flexibility index (Phi) is 5.79. The number of carbonyl (C=O) groups is 1. The summed E-state index contributed by atoms with van der Waals surface area (Å²) in [5, 5.41) is 7.50. The van der Waals surface area contributed by atoms with Crippen molar-refractivity contribution >= 4 is 17.7 Å². The van der Waals surface area contributed by atoms with E-state index in [0.717, 1.165) is 34.6 Å². The number of para-hydroxylation sites is 1. The van der Waals surface area contributed by atoms with E-state index < -0.39 is 6.03 Å². The van der Waals surface area contributed by atoms with Crippen molar-refractivity contribution in [2.24, 2.45) is 5.73 Å². The molecule has 3 N–H and O–H groups in total. The van der Waals surface area contributed by atoms with E-state index in [0.29, 0.717) is 0 Å². The number of benzene rings is 1. The van der Waals surface area contributed by atoms with Gasteiger partial charge in [-0.15, -0.1) is 6.42 Å². The van der Waals surface area contributed by atoms with Gasteiger partial charge in [0.2, 0.25) is 0 Å². The Bertz CT molecular complexity index is 552. The van der Waals surface area contributed by atoms with Crippen molar-refractivity contribution in [2.75, 3.05) is 18.5 Å². The van der Waals surface area contributed by atoms with E-state index in [1.54, 1.807) is 7.05 Å². The maximum Gasteiger partial charge on any atom is 0.331 e. The van der Waals surface area contributed by atoms with Crippen molar-refractivity contribution in [1.29, 1.82) is 5.41 Å². The number of nitrogens with two attached hydrogens (primary N) is 1. The van der Waals surface area contributed by atoms with Crippen LogP contribution in [0.15, 0.2) is 18.2 Å². The second-order valence-electron chi connectivity index (χ2n) is 4.65. The molecule has 2 amide bonds. The fourth-order valence-electron chi connectivity index (χ4n) is 2.27. The van der Waals surface area contributed by atoms with Gasteiger partial charge in [0.1, 0.15) is 0 Å². The van der Waals surface area contributed by atoms with Gasteiger partial charge in [-0.1, -0.05) is 38.0 Å². The molecule has 1 rings (SSSR count). The molecule has 0 bridgehead atoms.